The second-order valence-electron chi connectivity index (χ2n) is 9.00. The molecule has 0 spiro atoms. The first-order chi connectivity index (χ1) is 15.0. The molecule has 0 aliphatic heterocycles. The van der Waals surface area contributed by atoms with Crippen LogP contribution in [0.1, 0.15) is 116 Å². The molecule has 1 amide bonds. The zero-order valence-electron chi connectivity index (χ0n) is 20.7. The SMILES string of the molecule is CCCCCCCCCC/C=C/CCCCCC(=O)NCCCC[C@@H](C(=O)O)N(C)C. The lowest BCUT2D eigenvalue weighted by atomic mass is 10.1. The molecule has 0 aromatic heterocycles. The van der Waals surface area contributed by atoms with Crippen molar-refractivity contribution in [3.63, 3.8) is 0 Å². The third kappa shape index (κ3) is 20.3. The Morgan fingerprint density at radius 1 is 0.806 bits per heavy atom. The second-order valence-corrected chi connectivity index (χ2v) is 9.00. The van der Waals surface area contributed by atoms with Gasteiger partial charge in [0.1, 0.15) is 6.04 Å². The van der Waals surface area contributed by atoms with Crippen LogP contribution in [0, 0.1) is 0 Å². The summed E-state index contributed by atoms with van der Waals surface area (Å²) in [5.74, 6) is -0.662. The van der Waals surface area contributed by atoms with Crippen LogP contribution in [0.4, 0.5) is 0 Å². The zero-order chi connectivity index (χ0) is 23.2. The smallest absolute Gasteiger partial charge is 0.320 e. The molecule has 0 aromatic rings. The number of likely N-dealkylation sites (N-methyl/N-ethyl adjacent to an activating group) is 1. The molecule has 0 unspecified atom stereocenters. The molecule has 0 aromatic carbocycles. The molecule has 0 radical (unpaired) electrons. The Hall–Kier alpha value is -1.36. The maximum atomic E-state index is 11.9. The molecule has 182 valence electrons. The highest BCUT2D eigenvalue weighted by molar-refractivity contribution is 5.75. The lowest BCUT2D eigenvalue weighted by Gasteiger charge is -2.19. The largest absolute Gasteiger partial charge is 0.480 e. The summed E-state index contributed by atoms with van der Waals surface area (Å²) < 4.78 is 0. The molecule has 2 N–H and O–H groups in total. The van der Waals surface area contributed by atoms with E-state index in [-0.39, 0.29) is 5.91 Å². The van der Waals surface area contributed by atoms with Crippen molar-refractivity contribution >= 4 is 11.9 Å². The highest BCUT2D eigenvalue weighted by Gasteiger charge is 2.18. The fraction of sp³-hybridized carbons (Fsp3) is 0.846. The van der Waals surface area contributed by atoms with E-state index in [4.69, 9.17) is 5.11 Å². The van der Waals surface area contributed by atoms with Gasteiger partial charge in [-0.3, -0.25) is 14.5 Å². The van der Waals surface area contributed by atoms with E-state index in [2.05, 4.69) is 24.4 Å². The number of rotatable bonds is 22. The maximum Gasteiger partial charge on any atom is 0.320 e. The molecule has 0 heterocycles. The van der Waals surface area contributed by atoms with Gasteiger partial charge in [0, 0.05) is 13.0 Å². The number of hydrogen-bond donors (Lipinski definition) is 2. The third-order valence-electron chi connectivity index (χ3n) is 5.80. The fourth-order valence-electron chi connectivity index (χ4n) is 3.74. The number of nitrogens with one attached hydrogen (secondary N) is 1. The monoisotopic (exact) mass is 438 g/mol. The molecule has 0 fully saturated rings. The molecule has 0 bridgehead atoms. The van der Waals surface area contributed by atoms with E-state index >= 15 is 0 Å². The van der Waals surface area contributed by atoms with Gasteiger partial charge in [-0.25, -0.2) is 0 Å². The van der Waals surface area contributed by atoms with Gasteiger partial charge in [-0.15, -0.1) is 0 Å². The van der Waals surface area contributed by atoms with Crippen LogP contribution in [0.3, 0.4) is 0 Å². The van der Waals surface area contributed by atoms with E-state index in [1.54, 1.807) is 19.0 Å². The summed E-state index contributed by atoms with van der Waals surface area (Å²) >= 11 is 0. The minimum atomic E-state index is -0.781. The number of aliphatic carboxylic acids is 1. The summed E-state index contributed by atoms with van der Waals surface area (Å²) in [6, 6.07) is -0.440. The Labute approximate surface area is 192 Å². The van der Waals surface area contributed by atoms with E-state index in [1.807, 2.05) is 0 Å². The van der Waals surface area contributed by atoms with Crippen molar-refractivity contribution in [2.24, 2.45) is 0 Å². The molecule has 0 rings (SSSR count). The van der Waals surface area contributed by atoms with Gasteiger partial charge >= 0.3 is 5.97 Å². The Bertz CT molecular complexity index is 464. The van der Waals surface area contributed by atoms with Gasteiger partial charge in [-0.05, 0) is 65.5 Å². The lowest BCUT2D eigenvalue weighted by molar-refractivity contribution is -0.142. The highest BCUT2D eigenvalue weighted by atomic mass is 16.4. The first-order valence-electron chi connectivity index (χ1n) is 12.8. The van der Waals surface area contributed by atoms with Crippen LogP contribution in [0.15, 0.2) is 12.2 Å². The number of carboxylic acid groups (broad SMARTS) is 1. The van der Waals surface area contributed by atoms with Crippen molar-refractivity contribution in [1.29, 1.82) is 0 Å². The molecule has 0 saturated heterocycles. The molecule has 1 atom stereocenters. The second kappa shape index (κ2) is 21.9. The Morgan fingerprint density at radius 2 is 1.35 bits per heavy atom. The Morgan fingerprint density at radius 3 is 1.90 bits per heavy atom. The number of carbonyl (C=O) groups is 2. The molecular weight excluding hydrogens is 388 g/mol. The minimum absolute atomic E-state index is 0.118. The summed E-state index contributed by atoms with van der Waals surface area (Å²) in [4.78, 5) is 24.7. The van der Waals surface area contributed by atoms with E-state index in [1.165, 1.54) is 57.8 Å². The van der Waals surface area contributed by atoms with Gasteiger partial charge in [0.25, 0.3) is 0 Å². The molecule has 0 saturated carbocycles. The van der Waals surface area contributed by atoms with Crippen LogP contribution in [-0.2, 0) is 9.59 Å². The van der Waals surface area contributed by atoms with Crippen LogP contribution in [0.5, 0.6) is 0 Å². The normalized spacial score (nSPS) is 12.5. The first-order valence-corrected chi connectivity index (χ1v) is 12.8. The van der Waals surface area contributed by atoms with E-state index in [0.717, 1.165) is 38.5 Å². The first kappa shape index (κ1) is 29.6. The van der Waals surface area contributed by atoms with Crippen molar-refractivity contribution in [3.8, 4) is 0 Å². The number of allylic oxidation sites excluding steroid dienone is 2. The Kier molecular flexibility index (Phi) is 20.9. The van der Waals surface area contributed by atoms with Gasteiger partial charge in [0.2, 0.25) is 5.91 Å². The number of hydrogen-bond acceptors (Lipinski definition) is 3. The van der Waals surface area contributed by atoms with E-state index < -0.39 is 12.0 Å². The summed E-state index contributed by atoms with van der Waals surface area (Å²) in [5, 5.41) is 12.1. The third-order valence-corrected chi connectivity index (χ3v) is 5.80. The van der Waals surface area contributed by atoms with Crippen LogP contribution >= 0.6 is 0 Å². The van der Waals surface area contributed by atoms with Crippen molar-refractivity contribution < 1.29 is 14.7 Å². The average molecular weight is 439 g/mol. The molecule has 31 heavy (non-hydrogen) atoms. The van der Waals surface area contributed by atoms with Gasteiger partial charge in [0.05, 0.1) is 0 Å². The van der Waals surface area contributed by atoms with Crippen molar-refractivity contribution in [3.05, 3.63) is 12.2 Å². The fourth-order valence-corrected chi connectivity index (χ4v) is 3.74. The molecular formula is C26H50N2O3. The molecule has 5 heteroatoms. The van der Waals surface area contributed by atoms with Gasteiger partial charge in [-0.2, -0.15) is 0 Å². The van der Waals surface area contributed by atoms with E-state index in [0.29, 0.717) is 19.4 Å². The molecule has 0 aliphatic rings. The molecule has 5 nitrogen and oxygen atoms in total. The van der Waals surface area contributed by atoms with Gasteiger partial charge in [0.15, 0.2) is 0 Å². The minimum Gasteiger partial charge on any atom is -0.480 e. The predicted octanol–water partition coefficient (Wildman–Crippen LogP) is 6.33. The van der Waals surface area contributed by atoms with Crippen LogP contribution in [0.25, 0.3) is 0 Å². The highest BCUT2D eigenvalue weighted by Crippen LogP contribution is 2.10. The number of unbranched alkanes of at least 4 members (excludes halogenated alkanes) is 12. The van der Waals surface area contributed by atoms with Crippen LogP contribution in [-0.4, -0.2) is 48.6 Å². The summed E-state index contributed by atoms with van der Waals surface area (Å²) in [7, 11) is 3.57. The van der Waals surface area contributed by atoms with Gasteiger partial charge < -0.3 is 10.4 Å². The lowest BCUT2D eigenvalue weighted by Crippen LogP contribution is -2.35. The topological polar surface area (TPSA) is 69.6 Å². The van der Waals surface area contributed by atoms with Crippen molar-refractivity contribution in [1.82, 2.24) is 10.2 Å². The number of nitrogens with zero attached hydrogens (tertiary/aromatic N) is 1. The maximum absolute atomic E-state index is 11.9. The van der Waals surface area contributed by atoms with Crippen LogP contribution < -0.4 is 5.32 Å². The average Bonchev–Trinajstić information content (AvgIpc) is 2.72. The summed E-state index contributed by atoms with van der Waals surface area (Å²) in [6.45, 7) is 2.90. The quantitative estimate of drug-likeness (QED) is 0.153. The zero-order valence-corrected chi connectivity index (χ0v) is 20.7. The van der Waals surface area contributed by atoms with Crippen molar-refractivity contribution in [2.45, 2.75) is 122 Å². The standard InChI is InChI=1S/C26H50N2O3/c1-4-5-6-7-8-9-10-11-12-13-14-15-16-17-18-22-25(29)27-23-20-19-21-24(26(30)31)28(2)3/h13-14,24H,4-12,15-23H2,1-3H3,(H,27,29)(H,30,31)/b14-13+/t24-/m0/s1. The van der Waals surface area contributed by atoms with E-state index in [9.17, 15) is 9.59 Å². The van der Waals surface area contributed by atoms with Gasteiger partial charge in [-0.1, -0.05) is 70.4 Å². The number of carbonyl (C=O) groups excluding carboxylic acids is 1. The van der Waals surface area contributed by atoms with Crippen LogP contribution in [0.2, 0.25) is 0 Å². The van der Waals surface area contributed by atoms with Crippen molar-refractivity contribution in [2.75, 3.05) is 20.6 Å². The number of amides is 1. The predicted molar refractivity (Wildman–Crippen MR) is 131 cm³/mol. The molecule has 0 aliphatic carbocycles. The Balaban J connectivity index is 3.40. The summed E-state index contributed by atoms with van der Waals surface area (Å²) in [6.07, 6.45) is 24.0. The number of carboxylic acids is 1. The summed E-state index contributed by atoms with van der Waals surface area (Å²) in [5.41, 5.74) is 0.